The molecular formula is C38H57F3N8Na2O21S2. The van der Waals surface area contributed by atoms with Crippen molar-refractivity contribution in [3.63, 3.8) is 0 Å². The van der Waals surface area contributed by atoms with Gasteiger partial charge in [0.2, 0.25) is 20.8 Å². The molecule has 6 atom stereocenters. The van der Waals surface area contributed by atoms with E-state index in [1.165, 1.54) is 15.9 Å². The first-order valence-corrected chi connectivity index (χ1v) is 23.7. The van der Waals surface area contributed by atoms with Crippen LogP contribution in [0.15, 0.2) is 12.7 Å². The van der Waals surface area contributed by atoms with Gasteiger partial charge in [-0.1, -0.05) is 20.4 Å². The molecule has 0 saturated carbocycles. The second-order valence-corrected chi connectivity index (χ2v) is 19.8. The van der Waals surface area contributed by atoms with Gasteiger partial charge in [0.1, 0.15) is 29.3 Å². The molecule has 6 bridgehead atoms. The van der Waals surface area contributed by atoms with Crippen molar-refractivity contribution in [3.8, 4) is 0 Å². The summed E-state index contributed by atoms with van der Waals surface area (Å²) in [6, 6.07) is -6.08. The fraction of sp³-hybridized carbons (Fsp3) is 0.711. The van der Waals surface area contributed by atoms with Crippen LogP contribution in [0.4, 0.5) is 37.1 Å². The Bertz CT molecular complexity index is 2320. The molecule has 74 heavy (non-hydrogen) atoms. The first kappa shape index (κ1) is 70.1. The van der Waals surface area contributed by atoms with E-state index in [0.29, 0.717) is 11.5 Å². The molecule has 3 N–H and O–H groups in total. The topological polar surface area (TPSA) is 378 Å². The third-order valence-electron chi connectivity index (χ3n) is 10.2. The number of Topliss-reactive ketones (excluding diaryl/α,β-unsaturated/α-hetero) is 3. The number of hydroxylamine groups is 6. The molecule has 0 aromatic carbocycles. The number of piperidine rings is 3. The Balaban J connectivity index is 0.00000100. The van der Waals surface area contributed by atoms with Gasteiger partial charge in [-0.25, -0.2) is 45.6 Å². The molecule has 29 nitrogen and oxygen atoms in total. The van der Waals surface area contributed by atoms with Crippen molar-refractivity contribution in [1.29, 1.82) is 0 Å². The number of amides is 8. The van der Waals surface area contributed by atoms with Crippen LogP contribution >= 0.6 is 0 Å². The molecule has 8 amide bonds. The normalized spacial score (nSPS) is 23.1. The van der Waals surface area contributed by atoms with Crippen LogP contribution in [0.2, 0.25) is 0 Å². The van der Waals surface area contributed by atoms with E-state index in [2.05, 4.69) is 25.8 Å². The smallest absolute Gasteiger partial charge is 0.724 e. The van der Waals surface area contributed by atoms with Gasteiger partial charge in [-0.3, -0.25) is 19.2 Å². The van der Waals surface area contributed by atoms with E-state index in [1.54, 1.807) is 46.4 Å². The van der Waals surface area contributed by atoms with Crippen molar-refractivity contribution in [2.75, 3.05) is 39.3 Å². The van der Waals surface area contributed by atoms with Crippen molar-refractivity contribution in [2.24, 2.45) is 0 Å². The van der Waals surface area contributed by atoms with Crippen molar-refractivity contribution >= 4 is 74.4 Å². The first-order valence-electron chi connectivity index (χ1n) is 21.0. The van der Waals surface area contributed by atoms with Gasteiger partial charge in [0, 0.05) is 38.4 Å². The van der Waals surface area contributed by atoms with Gasteiger partial charge in [-0.2, -0.15) is 36.9 Å². The molecule has 36 heteroatoms. The number of nitrogens with one attached hydrogen (secondary N) is 2. The molecule has 6 aliphatic heterocycles. The number of carboxylic acids is 1. The number of carbonyl (C=O) groups excluding carboxylic acids is 8. The summed E-state index contributed by atoms with van der Waals surface area (Å²) < 4.78 is 114. The molecule has 6 saturated heterocycles. The second-order valence-electron chi connectivity index (χ2n) is 17.8. The molecule has 0 spiro atoms. The zero-order valence-electron chi connectivity index (χ0n) is 41.1. The van der Waals surface area contributed by atoms with Crippen molar-refractivity contribution < 1.29 is 169 Å². The number of carboxylic acid groups (broad SMARTS) is 1. The number of fused-ring (bicyclic) bond motifs is 6. The molecule has 6 rings (SSSR count). The second kappa shape index (κ2) is 27.9. The van der Waals surface area contributed by atoms with Crippen LogP contribution in [-0.2, 0) is 62.9 Å². The average Bonchev–Trinajstić information content (AvgIpc) is 3.77. The number of alkyl carbamates (subject to hydrolysis) is 2. The summed E-state index contributed by atoms with van der Waals surface area (Å²) in [4.78, 5) is 114. The van der Waals surface area contributed by atoms with Crippen LogP contribution < -0.4 is 69.7 Å². The van der Waals surface area contributed by atoms with Crippen LogP contribution in [-0.4, -0.2) is 207 Å². The predicted molar refractivity (Wildman–Crippen MR) is 230 cm³/mol. The van der Waals surface area contributed by atoms with Crippen LogP contribution in [0.1, 0.15) is 81.6 Å². The maximum Gasteiger partial charge on any atom is 1.00 e. The summed E-state index contributed by atoms with van der Waals surface area (Å²) in [5.74, 6) is -3.58. The summed E-state index contributed by atoms with van der Waals surface area (Å²) >= 11 is 0. The number of alkyl halides is 3. The maximum atomic E-state index is 12.3. The molecule has 6 aliphatic rings. The summed E-state index contributed by atoms with van der Waals surface area (Å²) in [5, 5.41) is 13.9. The number of hydrogen-bond donors (Lipinski definition) is 3. The van der Waals surface area contributed by atoms with Crippen molar-refractivity contribution in [2.45, 2.75) is 135 Å². The zero-order valence-corrected chi connectivity index (χ0v) is 46.7. The summed E-state index contributed by atoms with van der Waals surface area (Å²) in [5.41, 5.74) is -1.30. The molecule has 0 unspecified atom stereocenters. The molecule has 410 valence electrons. The maximum absolute atomic E-state index is 12.3. The zero-order chi connectivity index (χ0) is 54.4. The summed E-state index contributed by atoms with van der Waals surface area (Å²) in [6.07, 6.45) is -4.03. The largest absolute Gasteiger partial charge is 1.00 e. The van der Waals surface area contributed by atoms with E-state index in [0.717, 1.165) is 5.06 Å². The Labute approximate surface area is 468 Å². The Morgan fingerprint density at radius 2 is 0.959 bits per heavy atom. The van der Waals surface area contributed by atoms with Gasteiger partial charge < -0.3 is 49.0 Å². The molecule has 0 aromatic heterocycles. The minimum atomic E-state index is -5.18. The Morgan fingerprint density at radius 3 is 1.24 bits per heavy atom. The minimum Gasteiger partial charge on any atom is -0.724 e. The van der Waals surface area contributed by atoms with Gasteiger partial charge in [-0.15, -0.1) is 6.58 Å². The first-order chi connectivity index (χ1) is 32.4. The molecule has 0 aromatic rings. The Morgan fingerprint density at radius 1 is 0.662 bits per heavy atom. The van der Waals surface area contributed by atoms with E-state index in [9.17, 15) is 77.5 Å². The van der Waals surface area contributed by atoms with Gasteiger partial charge in [-0.05, 0) is 48.0 Å². The predicted octanol–water partition coefficient (Wildman–Crippen LogP) is -5.06. The number of urea groups is 3. The summed E-state index contributed by atoms with van der Waals surface area (Å²) in [6.45, 7) is 16.2. The number of carbonyl (C=O) groups is 9. The minimum absolute atomic E-state index is 0. The van der Waals surface area contributed by atoms with Crippen LogP contribution in [0.5, 0.6) is 0 Å². The molecular weight excluding hydrogens is 1070 g/mol. The molecule has 0 aliphatic carbocycles. The average molecular weight is 1130 g/mol. The van der Waals surface area contributed by atoms with Gasteiger partial charge in [0.15, 0.2) is 17.3 Å². The summed E-state index contributed by atoms with van der Waals surface area (Å²) in [7, 11) is -10.2. The van der Waals surface area contributed by atoms with Crippen LogP contribution in [0, 0.1) is 0 Å². The van der Waals surface area contributed by atoms with E-state index < -0.39 is 104 Å². The van der Waals surface area contributed by atoms with E-state index >= 15 is 0 Å². The quantitative estimate of drug-likeness (QED) is 0.0712. The van der Waals surface area contributed by atoms with E-state index in [4.69, 9.17) is 24.2 Å². The number of hydrogen-bond acceptors (Lipinski definition) is 20. The number of rotatable bonds is 12. The van der Waals surface area contributed by atoms with Crippen molar-refractivity contribution in [3.05, 3.63) is 12.7 Å². The van der Waals surface area contributed by atoms with E-state index in [-0.39, 0.29) is 154 Å². The van der Waals surface area contributed by atoms with Gasteiger partial charge in [0.25, 0.3) is 0 Å². The SMILES string of the molecule is C.C=CCON1C(=O)N2C[C@H]1C(=O)C[C@H]2CNC(=O)OC(C)(C)C.CC(C)(C)OC(=O)NC[C@@H]1CC(=O)[C@@H]2CN1C(=O)N2OS(=O)(=O)[O-].CC[C@@H]1CC(=O)[C@@H]2CN1C(=O)N2OS(=O)(=O)[O-].O=C(O)C(F)(F)F.[Na+].[Na+]. The van der Waals surface area contributed by atoms with Crippen LogP contribution in [0.3, 0.4) is 0 Å². The number of ketones is 3. The standard InChI is InChI=1S/C15H23N3O5.C12H19N3O8S.C8H12N2O6S.C2HF3O2.CH4.2Na/c1-5-6-22-18-11-9-17(14(18)21)10(7-12(11)19)8-16-13(20)23-15(2,3)4;1-12(2,3)22-10(17)13-5-7-4-9(16)8-6-14(7)11(18)15(8)23-24(19,20)21;1-2-5-3-7(11)6-4-9(5)8(12)10(6)16-17(13,14)15;3-2(4,5)1(6)7;;;/h5,10-11H,1,6-9H2,2-4H3,(H,16,20);7-8H,4-6H2,1-3H3,(H,13,17)(H,19,20,21);5-6H,2-4H2,1H3,(H,13,14,15);(H,6,7);1H4;;/q;;;;;2*+1/p-2/t10-,11-;7-,8-;5-,6+;;;;/m001..../s1. The molecule has 0 radical (unpaired) electrons. The number of ether oxygens (including phenoxy) is 2. The fourth-order valence-corrected chi connectivity index (χ4v) is 7.98. The Kier molecular flexibility index (Phi) is 26.4. The fourth-order valence-electron chi connectivity index (χ4n) is 7.25. The third kappa shape index (κ3) is 20.5. The molecule has 6 heterocycles. The van der Waals surface area contributed by atoms with Gasteiger partial charge >= 0.3 is 102 Å². The monoisotopic (exact) mass is 1130 g/mol. The van der Waals surface area contributed by atoms with Gasteiger partial charge in [0.05, 0.1) is 38.3 Å². The number of aliphatic carboxylic acids is 1. The van der Waals surface area contributed by atoms with Crippen LogP contribution in [0.25, 0.3) is 0 Å². The third-order valence-corrected chi connectivity index (χ3v) is 10.8. The number of halogens is 3. The van der Waals surface area contributed by atoms with Crippen molar-refractivity contribution in [1.82, 2.24) is 40.5 Å². The van der Waals surface area contributed by atoms with E-state index in [1.807, 2.05) is 6.92 Å². The molecule has 6 fully saturated rings. The Hall–Kier alpha value is -3.94. The number of nitrogens with zero attached hydrogens (tertiary/aromatic N) is 6.